The van der Waals surface area contributed by atoms with Gasteiger partial charge in [0.25, 0.3) is 0 Å². The van der Waals surface area contributed by atoms with Crippen molar-refractivity contribution in [1.82, 2.24) is 25.1 Å². The van der Waals surface area contributed by atoms with Gasteiger partial charge in [0.2, 0.25) is 12.6 Å². The fourth-order valence-electron chi connectivity index (χ4n) is 3.63. The summed E-state index contributed by atoms with van der Waals surface area (Å²) in [5, 5.41) is 25.8. The average Bonchev–Trinajstić information content (AvgIpc) is 3.44. The minimum absolute atomic E-state index is 0.232. The first kappa shape index (κ1) is 17.6. The summed E-state index contributed by atoms with van der Waals surface area (Å²) >= 11 is 1.77. The number of hydrogen-bond acceptors (Lipinski definition) is 8. The van der Waals surface area contributed by atoms with Gasteiger partial charge in [0, 0.05) is 30.1 Å². The summed E-state index contributed by atoms with van der Waals surface area (Å²) in [6, 6.07) is 9.81. The average molecular weight is 399 g/mol. The lowest BCUT2D eigenvalue weighted by Crippen LogP contribution is -2.46. The van der Waals surface area contributed by atoms with Crippen molar-refractivity contribution in [2.45, 2.75) is 31.5 Å². The first-order valence-corrected chi connectivity index (χ1v) is 10.2. The number of aromatic nitrogens is 4. The van der Waals surface area contributed by atoms with E-state index >= 15 is 0 Å². The number of hydrogen-bond donors (Lipinski definition) is 1. The van der Waals surface area contributed by atoms with E-state index in [4.69, 9.17) is 9.47 Å². The highest BCUT2D eigenvalue weighted by molar-refractivity contribution is 7.09. The Morgan fingerprint density at radius 1 is 1.14 bits per heavy atom. The summed E-state index contributed by atoms with van der Waals surface area (Å²) in [7, 11) is 0. The van der Waals surface area contributed by atoms with Crippen molar-refractivity contribution in [3.63, 3.8) is 0 Å². The normalized spacial score (nSPS) is 18.5. The Hall–Kier alpha value is -2.49. The Bertz CT molecular complexity index is 950. The van der Waals surface area contributed by atoms with Crippen LogP contribution in [0.5, 0.6) is 11.5 Å². The number of nitrogens with zero attached hydrogens (tertiary/aromatic N) is 5. The van der Waals surface area contributed by atoms with Crippen LogP contribution in [0.4, 0.5) is 0 Å². The van der Waals surface area contributed by atoms with Crippen LogP contribution >= 0.6 is 11.3 Å². The molecule has 2 aliphatic heterocycles. The molecule has 0 atom stereocenters. The molecule has 1 fully saturated rings. The number of ether oxygens (including phenoxy) is 2. The molecule has 1 saturated heterocycles. The maximum Gasteiger partial charge on any atom is 0.231 e. The highest BCUT2D eigenvalue weighted by Gasteiger charge is 2.33. The second kappa shape index (κ2) is 7.16. The van der Waals surface area contributed by atoms with E-state index in [9.17, 15) is 5.11 Å². The number of aliphatic hydroxyl groups is 1. The number of thiophene rings is 1. The quantitative estimate of drug-likeness (QED) is 0.704. The van der Waals surface area contributed by atoms with Gasteiger partial charge in [-0.3, -0.25) is 4.90 Å². The molecule has 0 amide bonds. The van der Waals surface area contributed by atoms with Gasteiger partial charge >= 0.3 is 0 Å². The van der Waals surface area contributed by atoms with Crippen molar-refractivity contribution in [3.8, 4) is 22.9 Å². The van der Waals surface area contributed by atoms with Crippen molar-refractivity contribution in [2.24, 2.45) is 0 Å². The third-order valence-electron chi connectivity index (χ3n) is 5.27. The molecule has 4 heterocycles. The van der Waals surface area contributed by atoms with Gasteiger partial charge in [0.15, 0.2) is 11.5 Å². The van der Waals surface area contributed by atoms with Crippen molar-refractivity contribution in [1.29, 1.82) is 0 Å². The van der Waals surface area contributed by atoms with Gasteiger partial charge in [-0.15, -0.1) is 21.5 Å². The fraction of sp³-hybridized carbons (Fsp3) is 0.421. The fourth-order valence-corrected chi connectivity index (χ4v) is 4.38. The van der Waals surface area contributed by atoms with E-state index < -0.39 is 5.60 Å². The number of piperidine rings is 1. The van der Waals surface area contributed by atoms with Crippen LogP contribution in [0.2, 0.25) is 0 Å². The largest absolute Gasteiger partial charge is 0.454 e. The third-order valence-corrected chi connectivity index (χ3v) is 6.13. The first-order chi connectivity index (χ1) is 13.7. The summed E-state index contributed by atoms with van der Waals surface area (Å²) in [6.45, 7) is 3.24. The van der Waals surface area contributed by atoms with Crippen LogP contribution in [0, 0.1) is 0 Å². The zero-order chi connectivity index (χ0) is 19.0. The molecular weight excluding hydrogens is 378 g/mol. The van der Waals surface area contributed by atoms with E-state index in [0.29, 0.717) is 31.0 Å². The minimum Gasteiger partial charge on any atom is -0.454 e. The minimum atomic E-state index is -0.807. The van der Waals surface area contributed by atoms with Crippen molar-refractivity contribution < 1.29 is 14.6 Å². The molecule has 0 spiro atoms. The topological polar surface area (TPSA) is 85.5 Å². The van der Waals surface area contributed by atoms with Gasteiger partial charge in [-0.2, -0.15) is 4.80 Å². The van der Waals surface area contributed by atoms with E-state index in [2.05, 4.69) is 37.8 Å². The lowest BCUT2D eigenvalue weighted by molar-refractivity contribution is -0.0408. The predicted octanol–water partition coefficient (Wildman–Crippen LogP) is 2.16. The molecule has 5 rings (SSSR count). The smallest absolute Gasteiger partial charge is 0.231 e. The van der Waals surface area contributed by atoms with Crippen molar-refractivity contribution in [3.05, 3.63) is 40.6 Å². The summed E-state index contributed by atoms with van der Waals surface area (Å²) in [5.74, 6) is 1.92. The number of fused-ring (bicyclic) bond motifs is 1. The van der Waals surface area contributed by atoms with Crippen LogP contribution in [0.15, 0.2) is 35.7 Å². The van der Waals surface area contributed by atoms with Crippen LogP contribution in [0.25, 0.3) is 11.4 Å². The highest BCUT2D eigenvalue weighted by Crippen LogP contribution is 2.35. The molecule has 1 N–H and O–H groups in total. The maximum atomic E-state index is 11.0. The number of rotatable bonds is 5. The molecule has 9 heteroatoms. The molecule has 1 aromatic carbocycles. The summed E-state index contributed by atoms with van der Waals surface area (Å²) < 4.78 is 10.7. The van der Waals surface area contributed by atoms with Gasteiger partial charge in [-0.1, -0.05) is 6.07 Å². The Morgan fingerprint density at radius 2 is 2.00 bits per heavy atom. The van der Waals surface area contributed by atoms with Gasteiger partial charge < -0.3 is 14.6 Å². The SMILES string of the molecule is OC1(Cn2nnc(-c3ccc4c(c3)OCO4)n2)CCN(Cc2cccs2)CC1. The summed E-state index contributed by atoms with van der Waals surface area (Å²) in [5.41, 5.74) is 0.00646. The predicted molar refractivity (Wildman–Crippen MR) is 103 cm³/mol. The highest BCUT2D eigenvalue weighted by atomic mass is 32.1. The summed E-state index contributed by atoms with van der Waals surface area (Å²) in [6.07, 6.45) is 1.39. The van der Waals surface area contributed by atoms with Gasteiger partial charge in [0.1, 0.15) is 0 Å². The molecule has 2 aromatic heterocycles. The van der Waals surface area contributed by atoms with Crippen LogP contribution in [-0.4, -0.2) is 55.7 Å². The Balaban J connectivity index is 1.22. The van der Waals surface area contributed by atoms with Crippen molar-refractivity contribution in [2.75, 3.05) is 19.9 Å². The molecule has 0 aliphatic carbocycles. The van der Waals surface area contributed by atoms with Crippen molar-refractivity contribution >= 4 is 11.3 Å². The van der Waals surface area contributed by atoms with E-state index in [-0.39, 0.29) is 6.79 Å². The molecule has 0 saturated carbocycles. The number of benzene rings is 1. The number of likely N-dealkylation sites (tertiary alicyclic amines) is 1. The van der Waals surface area contributed by atoms with Crippen LogP contribution in [0.1, 0.15) is 17.7 Å². The van der Waals surface area contributed by atoms with Gasteiger partial charge in [-0.25, -0.2) is 0 Å². The monoisotopic (exact) mass is 399 g/mol. The zero-order valence-electron chi connectivity index (χ0n) is 15.3. The summed E-state index contributed by atoms with van der Waals surface area (Å²) in [4.78, 5) is 5.24. The third kappa shape index (κ3) is 3.60. The molecule has 0 unspecified atom stereocenters. The lowest BCUT2D eigenvalue weighted by atomic mass is 9.91. The standard InChI is InChI=1S/C19H21N5O3S/c25-19(5-7-23(8-6-19)11-15-2-1-9-28-15)12-24-21-18(20-22-24)14-3-4-16-17(10-14)27-13-26-16/h1-4,9-10,25H,5-8,11-13H2. The molecule has 3 aromatic rings. The molecule has 8 nitrogen and oxygen atoms in total. The molecule has 0 radical (unpaired) electrons. The first-order valence-electron chi connectivity index (χ1n) is 9.32. The van der Waals surface area contributed by atoms with E-state index in [0.717, 1.165) is 30.9 Å². The Labute approximate surface area is 166 Å². The number of tetrazole rings is 1. The van der Waals surface area contributed by atoms with E-state index in [1.165, 1.54) is 9.67 Å². The molecule has 28 heavy (non-hydrogen) atoms. The van der Waals surface area contributed by atoms with Crippen LogP contribution < -0.4 is 9.47 Å². The van der Waals surface area contributed by atoms with E-state index in [1.54, 1.807) is 11.3 Å². The van der Waals surface area contributed by atoms with Gasteiger partial charge in [0.05, 0.1) is 12.1 Å². The van der Waals surface area contributed by atoms with E-state index in [1.807, 2.05) is 18.2 Å². The molecule has 0 bridgehead atoms. The van der Waals surface area contributed by atoms with Crippen LogP contribution in [0.3, 0.4) is 0 Å². The molecule has 2 aliphatic rings. The Morgan fingerprint density at radius 3 is 2.82 bits per heavy atom. The second-order valence-corrected chi connectivity index (χ2v) is 8.32. The second-order valence-electron chi connectivity index (χ2n) is 7.29. The van der Waals surface area contributed by atoms with Crippen LogP contribution in [-0.2, 0) is 13.1 Å². The lowest BCUT2D eigenvalue weighted by Gasteiger charge is -2.37. The molecular formula is C19H21N5O3S. The zero-order valence-corrected chi connectivity index (χ0v) is 16.1. The molecule has 146 valence electrons. The Kier molecular flexibility index (Phi) is 4.50. The van der Waals surface area contributed by atoms with Gasteiger partial charge in [-0.05, 0) is 47.7 Å². The maximum absolute atomic E-state index is 11.0.